The summed E-state index contributed by atoms with van der Waals surface area (Å²) in [5.41, 5.74) is 0.526. The standard InChI is InChI=1S/C14H16BrN3O2S/c1-17-8-16-7-10(17)13(19)14(20)18-6-2-3-9(18)11-4-5-12(15)21-11/h4-5,7-9,13,19H,2-3,6H2,1H3. The van der Waals surface area contributed by atoms with Crippen LogP contribution in [0.1, 0.15) is 35.6 Å². The van der Waals surface area contributed by atoms with Crippen LogP contribution in [0.3, 0.4) is 0 Å². The van der Waals surface area contributed by atoms with E-state index < -0.39 is 6.10 Å². The molecule has 5 nitrogen and oxygen atoms in total. The van der Waals surface area contributed by atoms with E-state index in [4.69, 9.17) is 0 Å². The van der Waals surface area contributed by atoms with E-state index in [0.29, 0.717) is 12.2 Å². The smallest absolute Gasteiger partial charge is 0.258 e. The summed E-state index contributed by atoms with van der Waals surface area (Å²) in [7, 11) is 1.77. The van der Waals surface area contributed by atoms with Gasteiger partial charge in [-0.1, -0.05) is 0 Å². The van der Waals surface area contributed by atoms with Crippen LogP contribution in [0.15, 0.2) is 28.4 Å². The van der Waals surface area contributed by atoms with Crippen LogP contribution < -0.4 is 0 Å². The van der Waals surface area contributed by atoms with E-state index in [1.807, 2.05) is 12.1 Å². The summed E-state index contributed by atoms with van der Waals surface area (Å²) >= 11 is 5.10. The lowest BCUT2D eigenvalue weighted by atomic mass is 10.1. The van der Waals surface area contributed by atoms with E-state index in [2.05, 4.69) is 20.9 Å². The van der Waals surface area contributed by atoms with E-state index in [-0.39, 0.29) is 11.9 Å². The Morgan fingerprint density at radius 1 is 1.57 bits per heavy atom. The Hall–Kier alpha value is -1.18. The van der Waals surface area contributed by atoms with Gasteiger partial charge in [0.05, 0.1) is 28.0 Å². The Balaban J connectivity index is 1.82. The second-order valence-corrected chi connectivity index (χ2v) is 7.66. The minimum atomic E-state index is -1.15. The fourth-order valence-electron chi connectivity index (χ4n) is 2.75. The van der Waals surface area contributed by atoms with Crippen molar-refractivity contribution in [1.29, 1.82) is 0 Å². The summed E-state index contributed by atoms with van der Waals surface area (Å²) in [6.45, 7) is 0.688. The van der Waals surface area contributed by atoms with Crippen molar-refractivity contribution in [2.45, 2.75) is 25.0 Å². The summed E-state index contributed by atoms with van der Waals surface area (Å²) in [6, 6.07) is 4.11. The monoisotopic (exact) mass is 369 g/mol. The number of hydrogen-bond donors (Lipinski definition) is 1. The van der Waals surface area contributed by atoms with Crippen molar-refractivity contribution in [2.24, 2.45) is 7.05 Å². The zero-order valence-corrected chi connectivity index (χ0v) is 14.0. The third kappa shape index (κ3) is 2.77. The van der Waals surface area contributed by atoms with Gasteiger partial charge in [-0.15, -0.1) is 11.3 Å². The van der Waals surface area contributed by atoms with E-state index in [0.717, 1.165) is 21.5 Å². The molecule has 1 amide bonds. The molecule has 0 radical (unpaired) electrons. The Kier molecular flexibility index (Phi) is 4.14. The molecular formula is C14H16BrN3O2S. The van der Waals surface area contributed by atoms with Gasteiger partial charge in [-0.3, -0.25) is 4.79 Å². The molecule has 112 valence electrons. The number of carbonyl (C=O) groups is 1. The highest BCUT2D eigenvalue weighted by atomic mass is 79.9. The summed E-state index contributed by atoms with van der Waals surface area (Å²) in [4.78, 5) is 19.5. The number of aromatic nitrogens is 2. The lowest BCUT2D eigenvalue weighted by Gasteiger charge is -2.26. The number of carbonyl (C=O) groups excluding carboxylic acids is 1. The van der Waals surface area contributed by atoms with Crippen molar-refractivity contribution in [3.8, 4) is 0 Å². The van der Waals surface area contributed by atoms with Crippen LogP contribution in [0.25, 0.3) is 0 Å². The molecule has 2 aromatic heterocycles. The predicted octanol–water partition coefficient (Wildman–Crippen LogP) is 2.64. The zero-order chi connectivity index (χ0) is 15.0. The molecule has 1 fully saturated rings. The van der Waals surface area contributed by atoms with E-state index >= 15 is 0 Å². The van der Waals surface area contributed by atoms with Gasteiger partial charge in [-0.2, -0.15) is 0 Å². The first kappa shape index (κ1) is 14.7. The molecule has 0 spiro atoms. The lowest BCUT2D eigenvalue weighted by Crippen LogP contribution is -2.35. The van der Waals surface area contributed by atoms with Gasteiger partial charge in [-0.25, -0.2) is 4.98 Å². The van der Waals surface area contributed by atoms with Crippen molar-refractivity contribution < 1.29 is 9.90 Å². The molecule has 2 atom stereocenters. The number of aliphatic hydroxyl groups is 1. The normalized spacial score (nSPS) is 20.0. The number of imidazole rings is 1. The van der Waals surface area contributed by atoms with Crippen LogP contribution in [0.5, 0.6) is 0 Å². The number of aliphatic hydroxyl groups excluding tert-OH is 1. The number of aryl methyl sites for hydroxylation is 1. The predicted molar refractivity (Wildman–Crippen MR) is 83.9 cm³/mol. The highest BCUT2D eigenvalue weighted by molar-refractivity contribution is 9.11. The van der Waals surface area contributed by atoms with E-state index in [1.165, 1.54) is 6.20 Å². The van der Waals surface area contributed by atoms with Gasteiger partial charge >= 0.3 is 0 Å². The molecule has 0 aromatic carbocycles. The number of rotatable bonds is 3. The largest absolute Gasteiger partial charge is 0.377 e. The number of nitrogens with zero attached hydrogens (tertiary/aromatic N) is 3. The maximum atomic E-state index is 12.6. The Bertz CT molecular complexity index is 654. The molecule has 0 aliphatic carbocycles. The van der Waals surface area contributed by atoms with Gasteiger partial charge in [0, 0.05) is 18.5 Å². The third-order valence-electron chi connectivity index (χ3n) is 3.83. The molecule has 7 heteroatoms. The SMILES string of the molecule is Cn1cncc1C(O)C(=O)N1CCCC1c1ccc(Br)s1. The lowest BCUT2D eigenvalue weighted by molar-refractivity contribution is -0.141. The summed E-state index contributed by atoms with van der Waals surface area (Å²) in [5, 5.41) is 10.3. The maximum absolute atomic E-state index is 12.6. The number of likely N-dealkylation sites (tertiary alicyclic amines) is 1. The molecular weight excluding hydrogens is 354 g/mol. The van der Waals surface area contributed by atoms with Gasteiger partial charge in [0.2, 0.25) is 0 Å². The molecule has 1 aliphatic heterocycles. The van der Waals surface area contributed by atoms with Crippen molar-refractivity contribution >= 4 is 33.2 Å². The van der Waals surface area contributed by atoms with Crippen molar-refractivity contribution in [3.05, 3.63) is 39.0 Å². The number of hydrogen-bond acceptors (Lipinski definition) is 4. The van der Waals surface area contributed by atoms with E-state index in [1.54, 1.807) is 34.2 Å². The van der Waals surface area contributed by atoms with Gasteiger partial charge < -0.3 is 14.6 Å². The Morgan fingerprint density at radius 2 is 2.38 bits per heavy atom. The van der Waals surface area contributed by atoms with Crippen LogP contribution in [0.2, 0.25) is 0 Å². The summed E-state index contributed by atoms with van der Waals surface area (Å²) < 4.78 is 2.74. The Morgan fingerprint density at radius 3 is 3.00 bits per heavy atom. The number of amides is 1. The second-order valence-electron chi connectivity index (χ2n) is 5.16. The van der Waals surface area contributed by atoms with Crippen molar-refractivity contribution in [1.82, 2.24) is 14.5 Å². The molecule has 0 saturated carbocycles. The quantitative estimate of drug-likeness (QED) is 0.904. The molecule has 1 aliphatic rings. The average Bonchev–Trinajstić information content (AvgIpc) is 3.16. The third-order valence-corrected chi connectivity index (χ3v) is 5.55. The topological polar surface area (TPSA) is 58.4 Å². The first-order valence-electron chi connectivity index (χ1n) is 6.78. The fraction of sp³-hybridized carbons (Fsp3) is 0.429. The molecule has 2 aromatic rings. The van der Waals surface area contributed by atoms with Gasteiger partial charge in [0.1, 0.15) is 0 Å². The summed E-state index contributed by atoms with van der Waals surface area (Å²) in [6.07, 6.45) is 3.88. The molecule has 21 heavy (non-hydrogen) atoms. The highest BCUT2D eigenvalue weighted by Crippen LogP contribution is 2.38. The molecule has 2 unspecified atom stereocenters. The number of thiophene rings is 1. The van der Waals surface area contributed by atoms with Gasteiger partial charge in [0.25, 0.3) is 5.91 Å². The van der Waals surface area contributed by atoms with Crippen molar-refractivity contribution in [3.63, 3.8) is 0 Å². The fourth-order valence-corrected chi connectivity index (χ4v) is 4.32. The molecule has 3 rings (SSSR count). The summed E-state index contributed by atoms with van der Waals surface area (Å²) in [5.74, 6) is -0.245. The maximum Gasteiger partial charge on any atom is 0.258 e. The first-order valence-corrected chi connectivity index (χ1v) is 8.39. The molecule has 3 heterocycles. The number of halogens is 1. The van der Waals surface area contributed by atoms with Crippen LogP contribution in [-0.4, -0.2) is 32.0 Å². The Labute approximate surface area is 135 Å². The van der Waals surface area contributed by atoms with Crippen LogP contribution >= 0.6 is 27.3 Å². The average molecular weight is 370 g/mol. The highest BCUT2D eigenvalue weighted by Gasteiger charge is 2.35. The van der Waals surface area contributed by atoms with Crippen molar-refractivity contribution in [2.75, 3.05) is 6.54 Å². The van der Waals surface area contributed by atoms with Gasteiger partial charge in [0.15, 0.2) is 6.10 Å². The van der Waals surface area contributed by atoms with Crippen LogP contribution in [0, 0.1) is 0 Å². The molecule has 0 bridgehead atoms. The zero-order valence-electron chi connectivity index (χ0n) is 11.6. The van der Waals surface area contributed by atoms with Gasteiger partial charge in [-0.05, 0) is 40.9 Å². The minimum Gasteiger partial charge on any atom is -0.377 e. The minimum absolute atomic E-state index is 0.0664. The molecule has 1 N–H and O–H groups in total. The van der Waals surface area contributed by atoms with Crippen LogP contribution in [0.4, 0.5) is 0 Å². The second kappa shape index (κ2) is 5.90. The van der Waals surface area contributed by atoms with Crippen LogP contribution in [-0.2, 0) is 11.8 Å². The molecule has 1 saturated heterocycles. The van der Waals surface area contributed by atoms with E-state index in [9.17, 15) is 9.90 Å². The first-order chi connectivity index (χ1) is 10.1.